The summed E-state index contributed by atoms with van der Waals surface area (Å²) in [5.41, 5.74) is 3.60. The summed E-state index contributed by atoms with van der Waals surface area (Å²) < 4.78 is 1.96. The second-order valence-corrected chi connectivity index (χ2v) is 8.11. The van der Waals surface area contributed by atoms with Crippen LogP contribution >= 0.6 is 0 Å². The molecule has 1 aromatic carbocycles. The van der Waals surface area contributed by atoms with Crippen LogP contribution in [-0.2, 0) is 19.5 Å². The van der Waals surface area contributed by atoms with Gasteiger partial charge in [-0.05, 0) is 38.8 Å². The van der Waals surface area contributed by atoms with E-state index in [0.29, 0.717) is 31.2 Å². The highest BCUT2D eigenvalue weighted by atomic mass is 16.2. The van der Waals surface area contributed by atoms with Crippen LogP contribution in [0.25, 0.3) is 0 Å². The van der Waals surface area contributed by atoms with E-state index < -0.39 is 0 Å². The zero-order valence-electron chi connectivity index (χ0n) is 17.3. The van der Waals surface area contributed by atoms with Crippen LogP contribution in [-0.4, -0.2) is 64.4 Å². The second kappa shape index (κ2) is 8.37. The molecule has 1 fully saturated rings. The maximum Gasteiger partial charge on any atom is 0.287 e. The molecule has 0 aliphatic carbocycles. The third-order valence-corrected chi connectivity index (χ3v) is 5.85. The molecule has 2 aliphatic heterocycles. The lowest BCUT2D eigenvalue weighted by Gasteiger charge is -2.32. The predicted octanol–water partition coefficient (Wildman–Crippen LogP) is 1.85. The van der Waals surface area contributed by atoms with Gasteiger partial charge >= 0.3 is 0 Å². The first-order chi connectivity index (χ1) is 14.0. The smallest absolute Gasteiger partial charge is 0.287 e. The van der Waals surface area contributed by atoms with Gasteiger partial charge in [0, 0.05) is 39.3 Å². The van der Waals surface area contributed by atoms with Crippen molar-refractivity contribution in [2.75, 3.05) is 33.2 Å². The fourth-order valence-corrected chi connectivity index (χ4v) is 4.13. The van der Waals surface area contributed by atoms with E-state index in [0.717, 1.165) is 55.7 Å². The number of carbonyl (C=O) groups excluding carboxylic acids is 2. The van der Waals surface area contributed by atoms with Crippen LogP contribution in [0.3, 0.4) is 0 Å². The quantitative estimate of drug-likeness (QED) is 0.858. The first-order valence-electron chi connectivity index (χ1n) is 10.4. The van der Waals surface area contributed by atoms with Crippen molar-refractivity contribution in [2.24, 2.45) is 0 Å². The number of hydrogen-bond donors (Lipinski definition) is 1. The average Bonchev–Trinajstić information content (AvgIpc) is 3.12. The van der Waals surface area contributed by atoms with Gasteiger partial charge in [0.05, 0.1) is 5.69 Å². The lowest BCUT2D eigenvalue weighted by atomic mass is 10.1. The average molecular weight is 396 g/mol. The molecule has 1 N–H and O–H groups in total. The number of carbonyl (C=O) groups is 2. The van der Waals surface area contributed by atoms with Crippen molar-refractivity contribution in [2.45, 2.75) is 39.3 Å². The van der Waals surface area contributed by atoms with Crippen molar-refractivity contribution in [3.8, 4) is 0 Å². The van der Waals surface area contributed by atoms with E-state index >= 15 is 0 Å². The third-order valence-electron chi connectivity index (χ3n) is 5.85. The van der Waals surface area contributed by atoms with Crippen molar-refractivity contribution in [3.05, 3.63) is 52.6 Å². The number of imidazole rings is 1. The molecule has 4 rings (SSSR count). The highest BCUT2D eigenvalue weighted by Crippen LogP contribution is 2.23. The van der Waals surface area contributed by atoms with E-state index in [1.54, 1.807) is 0 Å². The molecule has 0 unspecified atom stereocenters. The van der Waals surface area contributed by atoms with Crippen LogP contribution in [0, 0.1) is 6.92 Å². The van der Waals surface area contributed by atoms with Crippen molar-refractivity contribution >= 4 is 11.8 Å². The summed E-state index contributed by atoms with van der Waals surface area (Å²) in [6.45, 7) is 6.37. The number of benzene rings is 1. The van der Waals surface area contributed by atoms with Gasteiger partial charge in [0.1, 0.15) is 5.69 Å². The molecular formula is C22H29N5O2. The van der Waals surface area contributed by atoms with Crippen molar-refractivity contribution in [1.29, 1.82) is 0 Å². The highest BCUT2D eigenvalue weighted by molar-refractivity contribution is 5.97. The van der Waals surface area contributed by atoms with Crippen LogP contribution in [0.15, 0.2) is 24.3 Å². The molecule has 2 aliphatic rings. The number of nitrogens with zero attached hydrogens (tertiary/aromatic N) is 4. The molecule has 7 nitrogen and oxygen atoms in total. The zero-order chi connectivity index (χ0) is 20.4. The van der Waals surface area contributed by atoms with Crippen LogP contribution in [0.1, 0.15) is 50.8 Å². The Labute approximate surface area is 171 Å². The van der Waals surface area contributed by atoms with E-state index in [2.05, 4.69) is 28.3 Å². The van der Waals surface area contributed by atoms with E-state index in [9.17, 15) is 9.59 Å². The van der Waals surface area contributed by atoms with E-state index in [1.165, 1.54) is 0 Å². The molecule has 29 heavy (non-hydrogen) atoms. The molecule has 2 aromatic rings. The molecule has 1 aromatic heterocycles. The fourth-order valence-electron chi connectivity index (χ4n) is 4.13. The van der Waals surface area contributed by atoms with E-state index in [1.807, 2.05) is 34.6 Å². The number of aromatic nitrogens is 2. The minimum atomic E-state index is -0.216. The SMILES string of the molecule is Cc1cccc(CNC(=O)c2nc(C(=O)N3CCN(C)CC3)c3n2CCCC3)c1. The molecule has 0 bridgehead atoms. The molecule has 0 radical (unpaired) electrons. The maximum atomic E-state index is 13.1. The number of fused-ring (bicyclic) bond motifs is 1. The van der Waals surface area contributed by atoms with Gasteiger partial charge in [-0.2, -0.15) is 0 Å². The summed E-state index contributed by atoms with van der Waals surface area (Å²) in [5, 5.41) is 2.98. The Morgan fingerprint density at radius 2 is 1.90 bits per heavy atom. The summed E-state index contributed by atoms with van der Waals surface area (Å²) in [7, 11) is 2.07. The van der Waals surface area contributed by atoms with Crippen LogP contribution in [0.5, 0.6) is 0 Å². The van der Waals surface area contributed by atoms with Crippen molar-refractivity contribution < 1.29 is 9.59 Å². The second-order valence-electron chi connectivity index (χ2n) is 8.11. The number of aryl methyl sites for hydroxylation is 1. The lowest BCUT2D eigenvalue weighted by Crippen LogP contribution is -2.47. The number of nitrogens with one attached hydrogen (secondary N) is 1. The lowest BCUT2D eigenvalue weighted by molar-refractivity contribution is 0.0657. The van der Waals surface area contributed by atoms with E-state index in [4.69, 9.17) is 0 Å². The molecule has 1 saturated heterocycles. The Hall–Kier alpha value is -2.67. The number of hydrogen-bond acceptors (Lipinski definition) is 4. The van der Waals surface area contributed by atoms with Gasteiger partial charge in [-0.15, -0.1) is 0 Å². The monoisotopic (exact) mass is 395 g/mol. The fraction of sp³-hybridized carbons (Fsp3) is 0.500. The van der Waals surface area contributed by atoms with Gasteiger partial charge in [0.2, 0.25) is 0 Å². The molecule has 154 valence electrons. The molecule has 7 heteroatoms. The number of rotatable bonds is 4. The molecule has 0 spiro atoms. The van der Waals surface area contributed by atoms with Gasteiger partial charge in [-0.25, -0.2) is 4.98 Å². The Bertz CT molecular complexity index is 912. The Morgan fingerprint density at radius 1 is 1.10 bits per heavy atom. The minimum absolute atomic E-state index is 0.0403. The Kier molecular flexibility index (Phi) is 5.67. The molecule has 0 atom stereocenters. The largest absolute Gasteiger partial charge is 0.345 e. The normalized spacial score (nSPS) is 17.1. The van der Waals surface area contributed by atoms with Crippen molar-refractivity contribution in [1.82, 2.24) is 24.7 Å². The Balaban J connectivity index is 1.54. The standard InChI is InChI=1S/C22H29N5O2/c1-16-6-5-7-17(14-16)15-23-21(28)20-24-19(18-8-3-4-9-27(18)20)22(29)26-12-10-25(2)11-13-26/h5-7,14H,3-4,8-13,15H2,1-2H3,(H,23,28). The topological polar surface area (TPSA) is 70.5 Å². The summed E-state index contributed by atoms with van der Waals surface area (Å²) >= 11 is 0. The summed E-state index contributed by atoms with van der Waals surface area (Å²) in [6, 6.07) is 8.08. The highest BCUT2D eigenvalue weighted by Gasteiger charge is 2.30. The predicted molar refractivity (Wildman–Crippen MR) is 111 cm³/mol. The molecule has 3 heterocycles. The van der Waals surface area contributed by atoms with Crippen molar-refractivity contribution in [3.63, 3.8) is 0 Å². The number of likely N-dealkylation sites (N-methyl/N-ethyl adjacent to an activating group) is 1. The molecular weight excluding hydrogens is 366 g/mol. The zero-order valence-corrected chi connectivity index (χ0v) is 17.3. The third kappa shape index (κ3) is 4.19. The van der Waals surface area contributed by atoms with E-state index in [-0.39, 0.29) is 11.8 Å². The van der Waals surface area contributed by atoms with Gasteiger partial charge in [-0.3, -0.25) is 9.59 Å². The van der Waals surface area contributed by atoms with Crippen LogP contribution < -0.4 is 5.32 Å². The van der Waals surface area contributed by atoms with Gasteiger partial charge in [0.15, 0.2) is 5.82 Å². The first kappa shape index (κ1) is 19.6. The summed E-state index contributed by atoms with van der Waals surface area (Å²) in [6.07, 6.45) is 2.83. The summed E-state index contributed by atoms with van der Waals surface area (Å²) in [4.78, 5) is 34.7. The minimum Gasteiger partial charge on any atom is -0.345 e. The number of piperazine rings is 1. The van der Waals surface area contributed by atoms with Gasteiger partial charge in [-0.1, -0.05) is 29.8 Å². The molecule has 0 saturated carbocycles. The molecule has 2 amide bonds. The number of amides is 2. The maximum absolute atomic E-state index is 13.1. The first-order valence-corrected chi connectivity index (χ1v) is 10.4. The van der Waals surface area contributed by atoms with Gasteiger partial charge < -0.3 is 19.7 Å². The summed E-state index contributed by atoms with van der Waals surface area (Å²) in [5.74, 6) is 0.110. The van der Waals surface area contributed by atoms with Crippen LogP contribution in [0.4, 0.5) is 0 Å². The Morgan fingerprint density at radius 3 is 2.66 bits per heavy atom. The van der Waals surface area contributed by atoms with Gasteiger partial charge in [0.25, 0.3) is 11.8 Å². The van der Waals surface area contributed by atoms with Crippen LogP contribution in [0.2, 0.25) is 0 Å².